The monoisotopic (exact) mass is 1610 g/mol. The number of thiophene rings is 4. The molecule has 0 spiro atoms. The standard InChI is InChI=1S/C51H30N4S2.C30H20BNO2S.C21H12ClN3S/c1-3-14-31(15-4-1)33-26-27-46-40(28-33)41-29-34(55-43-23-10-7-18-35(43)36-19-8-11-24-44(36)55)30-42(48(41)57-46)51-53-49(32-16-5-2-6-17-32)52-50(54-51)39-22-13-21-38-37-20-9-12-25-45(37)56-47(38)39;33-31(34)26-18-21(32-27-12-6-4-10-22(27)23-11-5-7-13-28(23)32)17-25-24-16-20(19-8-2-1-3-9-19)14-15-29(24)35-30(25)26;22-21-24-19(13-7-2-1-3-8-13)23-20(25-21)16-11-6-10-15-14-9-4-5-12-17(14)26-18(15)16/h1-30H;1-18,33-34H;1-12H/i2D,5D,6D,16D,17D;;1D,2D,3D,7D,8D. The van der Waals surface area contributed by atoms with Crippen LogP contribution in [0, 0.1) is 0 Å². The van der Waals surface area contributed by atoms with Crippen molar-refractivity contribution < 1.29 is 23.8 Å². The highest BCUT2D eigenvalue weighted by Crippen LogP contribution is 2.48. The summed E-state index contributed by atoms with van der Waals surface area (Å²) in [5, 5.41) is 33.9. The molecule has 0 bridgehead atoms. The van der Waals surface area contributed by atoms with Crippen molar-refractivity contribution in [2.45, 2.75) is 0 Å². The van der Waals surface area contributed by atoms with E-state index in [0.717, 1.165) is 164 Å². The van der Waals surface area contributed by atoms with E-state index in [1.165, 1.54) is 10.8 Å². The highest BCUT2D eigenvalue weighted by molar-refractivity contribution is 7.28. The van der Waals surface area contributed by atoms with E-state index in [-0.39, 0.29) is 58.1 Å². The molecular formula is C102H62BClN8O2S4. The molecule has 24 aromatic rings. The maximum Gasteiger partial charge on any atom is 0.489 e. The molecule has 0 radical (unpaired) electrons. The van der Waals surface area contributed by atoms with Crippen molar-refractivity contribution in [1.82, 2.24) is 39.0 Å². The molecule has 0 saturated heterocycles. The lowest BCUT2D eigenvalue weighted by molar-refractivity contribution is 0.426. The van der Waals surface area contributed by atoms with Gasteiger partial charge in [-0.1, -0.05) is 267 Å². The van der Waals surface area contributed by atoms with Crippen LogP contribution >= 0.6 is 56.9 Å². The summed E-state index contributed by atoms with van der Waals surface area (Å²) in [6, 6.07) is 99.7. The molecular weight excluding hydrogens is 1540 g/mol. The second-order valence-electron chi connectivity index (χ2n) is 28.4. The molecule has 0 saturated carbocycles. The average molecular weight is 1620 g/mol. The van der Waals surface area contributed by atoms with Crippen LogP contribution in [-0.4, -0.2) is 56.2 Å². The van der Waals surface area contributed by atoms with Gasteiger partial charge in [-0.05, 0) is 131 Å². The van der Waals surface area contributed by atoms with E-state index >= 15 is 0 Å². The summed E-state index contributed by atoms with van der Waals surface area (Å²) in [6.45, 7) is 0. The van der Waals surface area contributed by atoms with E-state index in [2.05, 4.69) is 224 Å². The molecule has 0 fully saturated rings. The number of aromatic nitrogens is 8. The van der Waals surface area contributed by atoms with E-state index in [4.69, 9.17) is 40.3 Å². The molecule has 16 aromatic carbocycles. The number of rotatable bonds is 10. The average Bonchev–Trinajstić information content (AvgIpc) is 1.55. The zero-order valence-electron chi connectivity index (χ0n) is 71.9. The zero-order valence-corrected chi connectivity index (χ0v) is 65.9. The third-order valence-corrected chi connectivity index (χ3v) is 26.6. The second-order valence-corrected chi connectivity index (χ2v) is 32.9. The molecule has 0 aliphatic carbocycles. The number of fused-ring (bicyclic) bond motifs is 18. The van der Waals surface area contributed by atoms with Gasteiger partial charge in [0.05, 0.1) is 35.8 Å². The van der Waals surface area contributed by atoms with Crippen LogP contribution in [0.4, 0.5) is 0 Å². The van der Waals surface area contributed by atoms with Crippen molar-refractivity contribution in [2.24, 2.45) is 0 Å². The summed E-state index contributed by atoms with van der Waals surface area (Å²) in [7, 11) is -1.56. The number of hydrogen-bond acceptors (Lipinski definition) is 12. The minimum absolute atomic E-state index is 0.00278. The van der Waals surface area contributed by atoms with Crippen molar-refractivity contribution in [2.75, 3.05) is 0 Å². The third-order valence-electron chi connectivity index (χ3n) is 21.5. The Labute approximate surface area is 711 Å². The highest BCUT2D eigenvalue weighted by Gasteiger charge is 2.26. The molecule has 0 atom stereocenters. The maximum atomic E-state index is 10.4. The molecule has 556 valence electrons. The van der Waals surface area contributed by atoms with Crippen LogP contribution < -0.4 is 5.46 Å². The maximum absolute atomic E-state index is 10.4. The van der Waals surface area contributed by atoms with E-state index < -0.39 is 43.4 Å². The Morgan fingerprint density at radius 3 is 1.08 bits per heavy atom. The van der Waals surface area contributed by atoms with Crippen molar-refractivity contribution in [3.63, 3.8) is 0 Å². The fourth-order valence-corrected chi connectivity index (χ4v) is 21.2. The van der Waals surface area contributed by atoms with Crippen molar-refractivity contribution in [3.05, 3.63) is 369 Å². The first-order valence-corrected chi connectivity index (χ1v) is 41.6. The molecule has 8 heterocycles. The molecule has 10 nitrogen and oxygen atoms in total. The summed E-state index contributed by atoms with van der Waals surface area (Å²) in [6.07, 6.45) is 0. The smallest absolute Gasteiger partial charge is 0.423 e. The Hall–Kier alpha value is -13.7. The predicted molar refractivity (Wildman–Crippen MR) is 499 cm³/mol. The molecule has 0 aliphatic rings. The van der Waals surface area contributed by atoms with Crippen LogP contribution in [-0.2, 0) is 0 Å². The quantitative estimate of drug-likeness (QED) is 0.130. The van der Waals surface area contributed by atoms with Crippen LogP contribution in [0.25, 0.3) is 215 Å². The van der Waals surface area contributed by atoms with Gasteiger partial charge in [0, 0.05) is 147 Å². The van der Waals surface area contributed by atoms with Crippen molar-refractivity contribution >= 4 is 194 Å². The number of benzene rings is 16. The predicted octanol–water partition coefficient (Wildman–Crippen LogP) is 27.1. The van der Waals surface area contributed by atoms with E-state index in [1.54, 1.807) is 45.3 Å². The zero-order chi connectivity index (χ0) is 87.2. The van der Waals surface area contributed by atoms with Crippen LogP contribution in [0.3, 0.4) is 0 Å². The molecule has 8 aromatic heterocycles. The van der Waals surface area contributed by atoms with Gasteiger partial charge in [0.1, 0.15) is 0 Å². The first-order valence-electron chi connectivity index (χ1n) is 43.0. The summed E-state index contributed by atoms with van der Waals surface area (Å²) >= 11 is 12.7. The molecule has 0 unspecified atom stereocenters. The van der Waals surface area contributed by atoms with Crippen LogP contribution in [0.2, 0.25) is 5.28 Å². The molecule has 2 N–H and O–H groups in total. The van der Waals surface area contributed by atoms with Gasteiger partial charge < -0.3 is 19.2 Å². The number of hydrogen-bond donors (Lipinski definition) is 2. The molecule has 118 heavy (non-hydrogen) atoms. The lowest BCUT2D eigenvalue weighted by atomic mass is 9.79. The van der Waals surface area contributed by atoms with E-state index in [9.17, 15) is 10.0 Å². The van der Waals surface area contributed by atoms with Crippen LogP contribution in [0.1, 0.15) is 13.7 Å². The molecule has 16 heteroatoms. The van der Waals surface area contributed by atoms with Crippen LogP contribution in [0.5, 0.6) is 0 Å². The Morgan fingerprint density at radius 2 is 0.610 bits per heavy atom. The first-order chi connectivity index (χ1) is 62.4. The SMILES string of the molecule is OB(O)c1cc(-n2c3ccccc3c3ccccc32)cc2c1sc1ccc(-c3ccccc3)cc12.[2H]c1c([2H])c([2H])c(-c2nc(-c3cccc4c3sc3ccccc34)nc(-c3cc(-n4c5ccccc5c5ccccc54)cc4c3sc3ccc(-c5ccccc5)cc34)n2)c([2H])c1[2H].[2H]c1c([2H])c([2H])c(-c2nc(Cl)nc(-c3cccc4c3sc3ccccc34)n2)c([2H])c1[2H]. The number of halogens is 1. The van der Waals surface area contributed by atoms with Gasteiger partial charge >= 0.3 is 7.12 Å². The fourth-order valence-electron chi connectivity index (χ4n) is 16.3. The molecule has 0 amide bonds. The normalized spacial score (nSPS) is 12.9. The topological polar surface area (TPSA) is 128 Å². The Balaban J connectivity index is 0.000000124. The fraction of sp³-hybridized carbons (Fsp3) is 0. The minimum atomic E-state index is -1.56. The third kappa shape index (κ3) is 12.5. The second kappa shape index (κ2) is 29.5. The van der Waals surface area contributed by atoms with Gasteiger partial charge in [0.2, 0.25) is 5.28 Å². The highest BCUT2D eigenvalue weighted by atomic mass is 35.5. The lowest BCUT2D eigenvalue weighted by Gasteiger charge is -2.13. The number of para-hydroxylation sites is 4. The molecule has 0 aliphatic heterocycles. The van der Waals surface area contributed by atoms with Gasteiger partial charge in [-0.3, -0.25) is 0 Å². The molecule has 24 rings (SSSR count). The lowest BCUT2D eigenvalue weighted by Crippen LogP contribution is -2.30. The van der Waals surface area contributed by atoms with Gasteiger partial charge in [-0.15, -0.1) is 45.3 Å². The van der Waals surface area contributed by atoms with Crippen LogP contribution in [0.15, 0.2) is 364 Å². The Bertz CT molecular complexity index is 8610. The van der Waals surface area contributed by atoms with Gasteiger partial charge in [0.25, 0.3) is 0 Å². The summed E-state index contributed by atoms with van der Waals surface area (Å²) < 4.78 is 96.5. The van der Waals surface area contributed by atoms with Gasteiger partial charge in [0.15, 0.2) is 29.1 Å². The Kier molecular flexibility index (Phi) is 15.2. The van der Waals surface area contributed by atoms with Gasteiger partial charge in [-0.25, -0.2) is 19.9 Å². The Morgan fingerprint density at radius 1 is 0.263 bits per heavy atom. The number of nitrogens with zero attached hydrogens (tertiary/aromatic N) is 8. The largest absolute Gasteiger partial charge is 0.489 e. The summed E-state index contributed by atoms with van der Waals surface area (Å²) in [5.74, 6) is 0.890. The summed E-state index contributed by atoms with van der Waals surface area (Å²) in [5.41, 5.74) is 13.2. The van der Waals surface area contributed by atoms with E-state index in [1.807, 2.05) is 103 Å². The van der Waals surface area contributed by atoms with Crippen molar-refractivity contribution in [3.8, 4) is 90.6 Å². The summed E-state index contributed by atoms with van der Waals surface area (Å²) in [4.78, 5) is 28.2. The van der Waals surface area contributed by atoms with Gasteiger partial charge in [-0.2, -0.15) is 9.97 Å². The van der Waals surface area contributed by atoms with E-state index in [0.29, 0.717) is 17.1 Å². The minimum Gasteiger partial charge on any atom is -0.423 e. The van der Waals surface area contributed by atoms with Crippen molar-refractivity contribution in [1.29, 1.82) is 0 Å². The first kappa shape index (κ1) is 60.8.